The normalized spacial score (nSPS) is 10.6. The van der Waals surface area contributed by atoms with Crippen molar-refractivity contribution in [3.63, 3.8) is 0 Å². The highest BCUT2D eigenvalue weighted by atomic mass is 79.9. The van der Waals surface area contributed by atoms with Crippen LogP contribution in [0.3, 0.4) is 0 Å². The molecule has 106 valence electrons. The van der Waals surface area contributed by atoms with Crippen molar-refractivity contribution in [2.75, 3.05) is 37.8 Å². The molecule has 0 fully saturated rings. The molecule has 2 N–H and O–H groups in total. The summed E-state index contributed by atoms with van der Waals surface area (Å²) in [5.74, 6) is 1.18. The van der Waals surface area contributed by atoms with Crippen molar-refractivity contribution < 1.29 is 0 Å². The van der Waals surface area contributed by atoms with E-state index in [2.05, 4.69) is 46.6 Å². The summed E-state index contributed by atoms with van der Waals surface area (Å²) in [5.41, 5.74) is 0.917. The Morgan fingerprint density at radius 1 is 1.20 bits per heavy atom. The summed E-state index contributed by atoms with van der Waals surface area (Å²) in [6.45, 7) is 1.74. The van der Waals surface area contributed by atoms with Gasteiger partial charge in [-0.3, -0.25) is 0 Å². The molecule has 2 rings (SSSR count). The molecule has 0 radical (unpaired) electrons. The first-order valence-corrected chi connectivity index (χ1v) is 7.04. The van der Waals surface area contributed by atoms with Crippen LogP contribution >= 0.6 is 15.9 Å². The van der Waals surface area contributed by atoms with E-state index >= 15 is 0 Å². The van der Waals surface area contributed by atoms with Gasteiger partial charge in [0.1, 0.15) is 0 Å². The molecule has 0 aliphatic rings. The highest BCUT2D eigenvalue weighted by Crippen LogP contribution is 2.17. The number of halogens is 1. The highest BCUT2D eigenvalue weighted by molar-refractivity contribution is 9.10. The van der Waals surface area contributed by atoms with E-state index in [1.54, 1.807) is 6.20 Å². The summed E-state index contributed by atoms with van der Waals surface area (Å²) in [7, 11) is 4.06. The van der Waals surface area contributed by atoms with Crippen molar-refractivity contribution in [3.05, 3.63) is 34.9 Å². The zero-order chi connectivity index (χ0) is 14.4. The molecule has 0 amide bonds. The van der Waals surface area contributed by atoms with Crippen molar-refractivity contribution in [2.45, 2.75) is 0 Å². The lowest BCUT2D eigenvalue weighted by Gasteiger charge is -2.11. The third-order valence-corrected chi connectivity index (χ3v) is 3.05. The van der Waals surface area contributed by atoms with Crippen LogP contribution in [0.15, 0.2) is 34.9 Å². The first kappa shape index (κ1) is 14.7. The van der Waals surface area contributed by atoms with Crippen LogP contribution in [-0.4, -0.2) is 47.3 Å². The molecule has 6 nitrogen and oxygen atoms in total. The van der Waals surface area contributed by atoms with Gasteiger partial charge in [-0.2, -0.15) is 10.1 Å². The van der Waals surface area contributed by atoms with E-state index in [1.807, 2.05) is 38.4 Å². The first-order chi connectivity index (χ1) is 9.63. The van der Waals surface area contributed by atoms with Gasteiger partial charge in [-0.15, -0.1) is 5.10 Å². The van der Waals surface area contributed by atoms with Crippen LogP contribution in [0.5, 0.6) is 0 Å². The van der Waals surface area contributed by atoms with Crippen LogP contribution in [0.25, 0.3) is 0 Å². The minimum absolute atomic E-state index is 0.474. The summed E-state index contributed by atoms with van der Waals surface area (Å²) in [4.78, 5) is 6.46. The van der Waals surface area contributed by atoms with Gasteiger partial charge in [-0.25, -0.2) is 0 Å². The molecular weight excluding hydrogens is 320 g/mol. The van der Waals surface area contributed by atoms with E-state index in [0.717, 1.165) is 23.2 Å². The van der Waals surface area contributed by atoms with E-state index < -0.39 is 0 Å². The Morgan fingerprint density at radius 2 is 1.95 bits per heavy atom. The number of benzene rings is 1. The third-order valence-electron chi connectivity index (χ3n) is 2.52. The second-order valence-electron chi connectivity index (χ2n) is 4.53. The van der Waals surface area contributed by atoms with Gasteiger partial charge in [-0.05, 0) is 38.4 Å². The van der Waals surface area contributed by atoms with Crippen molar-refractivity contribution >= 4 is 33.4 Å². The van der Waals surface area contributed by atoms with E-state index in [0.29, 0.717) is 11.8 Å². The standard InChI is InChI=1S/C13H17BrN6/c1-20(2)8-7-15-12-9-16-19-13(18-12)17-11-5-3-10(14)4-6-11/h3-6,9H,7-8H2,1-2H3,(H2,15,17,18,19). The van der Waals surface area contributed by atoms with Crippen LogP contribution in [0.4, 0.5) is 17.5 Å². The van der Waals surface area contributed by atoms with Gasteiger partial charge in [-0.1, -0.05) is 15.9 Å². The lowest BCUT2D eigenvalue weighted by atomic mass is 10.3. The van der Waals surface area contributed by atoms with E-state index in [-0.39, 0.29) is 0 Å². The molecule has 1 aromatic heterocycles. The summed E-state index contributed by atoms with van der Waals surface area (Å²) in [6.07, 6.45) is 1.61. The molecule has 0 saturated heterocycles. The Bertz CT molecular complexity index is 543. The zero-order valence-corrected chi connectivity index (χ0v) is 13.1. The second kappa shape index (κ2) is 7.16. The van der Waals surface area contributed by atoms with Gasteiger partial charge in [0, 0.05) is 23.2 Å². The number of hydrogen-bond donors (Lipinski definition) is 2. The second-order valence-corrected chi connectivity index (χ2v) is 5.44. The Hall–Kier alpha value is -1.73. The predicted molar refractivity (Wildman–Crippen MR) is 84.3 cm³/mol. The Kier molecular flexibility index (Phi) is 5.25. The summed E-state index contributed by atoms with van der Waals surface area (Å²) < 4.78 is 1.03. The molecule has 1 aromatic carbocycles. The van der Waals surface area contributed by atoms with Gasteiger partial charge < -0.3 is 15.5 Å². The number of nitrogens with one attached hydrogen (secondary N) is 2. The van der Waals surface area contributed by atoms with E-state index in [9.17, 15) is 0 Å². The topological polar surface area (TPSA) is 66.0 Å². The smallest absolute Gasteiger partial charge is 0.249 e. The average molecular weight is 337 g/mol. The summed E-state index contributed by atoms with van der Waals surface area (Å²) >= 11 is 3.40. The molecule has 0 saturated carbocycles. The molecular formula is C13H17BrN6. The van der Waals surface area contributed by atoms with Crippen LogP contribution in [0.2, 0.25) is 0 Å². The predicted octanol–water partition coefficient (Wildman–Crippen LogP) is 2.35. The SMILES string of the molecule is CN(C)CCNc1cnnc(Nc2ccc(Br)cc2)n1. The third kappa shape index (κ3) is 4.75. The molecule has 0 unspecified atom stereocenters. The Labute approximate surface area is 126 Å². The van der Waals surface area contributed by atoms with Crippen molar-refractivity contribution in [1.29, 1.82) is 0 Å². The monoisotopic (exact) mass is 336 g/mol. The minimum atomic E-state index is 0.474. The van der Waals surface area contributed by atoms with E-state index in [4.69, 9.17) is 0 Å². The molecule has 0 aliphatic heterocycles. The lowest BCUT2D eigenvalue weighted by molar-refractivity contribution is 0.425. The quantitative estimate of drug-likeness (QED) is 0.844. The average Bonchev–Trinajstić information content (AvgIpc) is 2.41. The Balaban J connectivity index is 1.96. The fourth-order valence-corrected chi connectivity index (χ4v) is 1.78. The molecule has 7 heteroatoms. The fraction of sp³-hybridized carbons (Fsp3) is 0.308. The molecule has 0 bridgehead atoms. The van der Waals surface area contributed by atoms with Gasteiger partial charge in [0.2, 0.25) is 5.95 Å². The van der Waals surface area contributed by atoms with Crippen LogP contribution in [0, 0.1) is 0 Å². The van der Waals surface area contributed by atoms with Crippen molar-refractivity contribution in [3.8, 4) is 0 Å². The summed E-state index contributed by atoms with van der Waals surface area (Å²) in [6, 6.07) is 7.79. The van der Waals surface area contributed by atoms with Crippen molar-refractivity contribution in [1.82, 2.24) is 20.1 Å². The number of hydrogen-bond acceptors (Lipinski definition) is 6. The van der Waals surface area contributed by atoms with Crippen LogP contribution < -0.4 is 10.6 Å². The van der Waals surface area contributed by atoms with Gasteiger partial charge in [0.25, 0.3) is 0 Å². The lowest BCUT2D eigenvalue weighted by Crippen LogP contribution is -2.21. The van der Waals surface area contributed by atoms with Crippen molar-refractivity contribution in [2.24, 2.45) is 0 Å². The number of likely N-dealkylation sites (N-methyl/N-ethyl adjacent to an activating group) is 1. The maximum atomic E-state index is 4.36. The number of aromatic nitrogens is 3. The van der Waals surface area contributed by atoms with Crippen LogP contribution in [0.1, 0.15) is 0 Å². The van der Waals surface area contributed by atoms with Gasteiger partial charge in [0.15, 0.2) is 5.82 Å². The van der Waals surface area contributed by atoms with Crippen LogP contribution in [-0.2, 0) is 0 Å². The minimum Gasteiger partial charge on any atom is -0.367 e. The molecule has 0 spiro atoms. The van der Waals surface area contributed by atoms with Gasteiger partial charge >= 0.3 is 0 Å². The number of anilines is 3. The maximum absolute atomic E-state index is 4.36. The maximum Gasteiger partial charge on any atom is 0.249 e. The van der Waals surface area contributed by atoms with E-state index in [1.165, 1.54) is 0 Å². The Morgan fingerprint density at radius 3 is 2.65 bits per heavy atom. The molecule has 0 aliphatic carbocycles. The zero-order valence-electron chi connectivity index (χ0n) is 11.5. The first-order valence-electron chi connectivity index (χ1n) is 6.24. The molecule has 2 aromatic rings. The fourth-order valence-electron chi connectivity index (χ4n) is 1.51. The highest BCUT2D eigenvalue weighted by Gasteiger charge is 2.01. The molecule has 1 heterocycles. The number of nitrogens with zero attached hydrogens (tertiary/aromatic N) is 4. The number of rotatable bonds is 6. The molecule has 20 heavy (non-hydrogen) atoms. The van der Waals surface area contributed by atoms with Gasteiger partial charge in [0.05, 0.1) is 6.20 Å². The largest absolute Gasteiger partial charge is 0.367 e. The summed E-state index contributed by atoms with van der Waals surface area (Å²) in [5, 5.41) is 14.2. The molecule has 0 atom stereocenters.